The van der Waals surface area contributed by atoms with E-state index in [-0.39, 0.29) is 30.6 Å². The summed E-state index contributed by atoms with van der Waals surface area (Å²) in [5.74, 6) is 0.457. The first kappa shape index (κ1) is 23.6. The molecule has 0 aromatic heterocycles. The van der Waals surface area contributed by atoms with Crippen LogP contribution < -0.4 is 0 Å². The number of hydrogen-bond donors (Lipinski definition) is 3. The number of aliphatic hydroxyl groups excluding tert-OH is 2. The number of aliphatic hydroxyl groups is 3. The highest BCUT2D eigenvalue weighted by Gasteiger charge is 2.43. The summed E-state index contributed by atoms with van der Waals surface area (Å²) in [6.07, 6.45) is 16.8. The molecule has 2 aliphatic carbocycles. The number of ketones is 1. The quantitative estimate of drug-likeness (QED) is 0.281. The van der Waals surface area contributed by atoms with Crippen LogP contribution in [0.1, 0.15) is 96.8 Å². The summed E-state index contributed by atoms with van der Waals surface area (Å²) in [4.78, 5) is 12.3. The van der Waals surface area contributed by atoms with E-state index >= 15 is 0 Å². The summed E-state index contributed by atoms with van der Waals surface area (Å²) in [7, 11) is 0. The average molecular weight is 395 g/mol. The van der Waals surface area contributed by atoms with Gasteiger partial charge in [0.2, 0.25) is 0 Å². The minimum absolute atomic E-state index is 0.0711. The van der Waals surface area contributed by atoms with Gasteiger partial charge in [-0.2, -0.15) is 0 Å². The van der Waals surface area contributed by atoms with E-state index in [0.29, 0.717) is 12.3 Å². The molecule has 0 saturated heterocycles. The molecule has 3 N–H and O–H groups in total. The number of unbranched alkanes of at least 4 members (excludes halogenated alkanes) is 6. The third-order valence-corrected chi connectivity index (χ3v) is 6.79. The number of hydrogen-bond acceptors (Lipinski definition) is 4. The topological polar surface area (TPSA) is 77.8 Å². The van der Waals surface area contributed by atoms with Crippen molar-refractivity contribution in [3.05, 3.63) is 12.2 Å². The molecule has 28 heavy (non-hydrogen) atoms. The van der Waals surface area contributed by atoms with Crippen LogP contribution in [0.2, 0.25) is 0 Å². The van der Waals surface area contributed by atoms with Crippen molar-refractivity contribution < 1.29 is 20.1 Å². The second-order valence-corrected chi connectivity index (χ2v) is 9.17. The van der Waals surface area contributed by atoms with Gasteiger partial charge >= 0.3 is 0 Å². The predicted molar refractivity (Wildman–Crippen MR) is 113 cm³/mol. The fourth-order valence-corrected chi connectivity index (χ4v) is 4.80. The second kappa shape index (κ2) is 12.1. The average Bonchev–Trinajstić information content (AvgIpc) is 3.48. The van der Waals surface area contributed by atoms with Crippen molar-refractivity contribution in [2.45, 2.75) is 109 Å². The van der Waals surface area contributed by atoms with Crippen LogP contribution in [0.25, 0.3) is 0 Å². The Balaban J connectivity index is 1.83. The monoisotopic (exact) mass is 394 g/mol. The predicted octanol–water partition coefficient (Wildman–Crippen LogP) is 4.55. The molecule has 0 aromatic rings. The highest BCUT2D eigenvalue weighted by molar-refractivity contribution is 5.84. The van der Waals surface area contributed by atoms with Gasteiger partial charge in [0.05, 0.1) is 11.7 Å². The molecule has 2 rings (SSSR count). The van der Waals surface area contributed by atoms with E-state index in [2.05, 4.69) is 6.92 Å². The van der Waals surface area contributed by atoms with Crippen LogP contribution in [0.15, 0.2) is 12.2 Å². The molecule has 0 bridgehead atoms. The first-order chi connectivity index (χ1) is 13.5. The maximum absolute atomic E-state index is 12.3. The van der Waals surface area contributed by atoms with Crippen molar-refractivity contribution in [1.29, 1.82) is 0 Å². The van der Waals surface area contributed by atoms with E-state index < -0.39 is 11.7 Å². The third kappa shape index (κ3) is 7.27. The molecule has 162 valence electrons. The lowest BCUT2D eigenvalue weighted by Gasteiger charge is -2.27. The lowest BCUT2D eigenvalue weighted by molar-refractivity contribution is -0.121. The Bertz CT molecular complexity index is 485. The van der Waals surface area contributed by atoms with Gasteiger partial charge in [0, 0.05) is 24.9 Å². The van der Waals surface area contributed by atoms with E-state index in [1.807, 2.05) is 12.2 Å². The van der Waals surface area contributed by atoms with Crippen LogP contribution in [0.3, 0.4) is 0 Å². The first-order valence-electron chi connectivity index (χ1n) is 11.7. The van der Waals surface area contributed by atoms with Crippen molar-refractivity contribution in [2.75, 3.05) is 6.61 Å². The highest BCUT2D eigenvalue weighted by atomic mass is 16.3. The van der Waals surface area contributed by atoms with Crippen molar-refractivity contribution >= 4 is 5.78 Å². The Kier molecular flexibility index (Phi) is 10.2. The van der Waals surface area contributed by atoms with Gasteiger partial charge in [-0.15, -0.1) is 0 Å². The first-order valence-corrected chi connectivity index (χ1v) is 11.7. The maximum Gasteiger partial charge on any atom is 0.139 e. The minimum Gasteiger partial charge on any atom is -0.396 e. The van der Waals surface area contributed by atoms with Crippen molar-refractivity contribution in [2.24, 2.45) is 17.8 Å². The second-order valence-electron chi connectivity index (χ2n) is 9.17. The number of Topliss-reactive ketones (excluding diaryl/α,β-unsaturated/α-hetero) is 1. The van der Waals surface area contributed by atoms with E-state index in [0.717, 1.165) is 77.0 Å². The Hall–Kier alpha value is -0.710. The molecule has 0 amide bonds. The molecule has 4 atom stereocenters. The Labute approximate surface area is 171 Å². The van der Waals surface area contributed by atoms with Crippen molar-refractivity contribution in [1.82, 2.24) is 0 Å². The Morgan fingerprint density at radius 2 is 1.79 bits per heavy atom. The standard InChI is InChI=1S/C24H42O4/c1-2-3-8-15-24(28,19-13-14-19)16-10-12-21-20(22(26)18-23(21)27)11-7-5-4-6-9-17-25/h10,12,19-21,23,25,27-28H,2-9,11,13-18H2,1H3/t20-,21-,23-,24?/m1/s1. The van der Waals surface area contributed by atoms with Crippen LogP contribution in [-0.2, 0) is 4.79 Å². The molecule has 0 aliphatic heterocycles. The number of carbonyl (C=O) groups excluding carboxylic acids is 1. The van der Waals surface area contributed by atoms with Crippen LogP contribution in [-0.4, -0.2) is 39.4 Å². The van der Waals surface area contributed by atoms with Gasteiger partial charge in [0.15, 0.2) is 0 Å². The normalized spacial score (nSPS) is 27.6. The molecule has 0 radical (unpaired) electrons. The summed E-state index contributed by atoms with van der Waals surface area (Å²) in [5.41, 5.74) is -0.596. The molecular weight excluding hydrogens is 352 g/mol. The van der Waals surface area contributed by atoms with E-state index in [1.54, 1.807) is 0 Å². The van der Waals surface area contributed by atoms with Gasteiger partial charge < -0.3 is 15.3 Å². The zero-order valence-corrected chi connectivity index (χ0v) is 17.8. The number of rotatable bonds is 15. The van der Waals surface area contributed by atoms with Gasteiger partial charge in [-0.3, -0.25) is 4.79 Å². The van der Waals surface area contributed by atoms with Gasteiger partial charge in [0.1, 0.15) is 5.78 Å². The summed E-state index contributed by atoms with van der Waals surface area (Å²) < 4.78 is 0. The molecule has 4 heteroatoms. The van der Waals surface area contributed by atoms with Crippen molar-refractivity contribution in [3.8, 4) is 0 Å². The molecule has 2 aliphatic rings. The smallest absolute Gasteiger partial charge is 0.139 e. The van der Waals surface area contributed by atoms with Gasteiger partial charge in [-0.1, -0.05) is 64.0 Å². The molecular formula is C24H42O4. The minimum atomic E-state index is -0.596. The molecule has 4 nitrogen and oxygen atoms in total. The zero-order valence-electron chi connectivity index (χ0n) is 17.8. The summed E-state index contributed by atoms with van der Waals surface area (Å²) >= 11 is 0. The Morgan fingerprint density at radius 3 is 2.46 bits per heavy atom. The van der Waals surface area contributed by atoms with Gasteiger partial charge in [-0.05, 0) is 44.4 Å². The van der Waals surface area contributed by atoms with Crippen LogP contribution >= 0.6 is 0 Å². The van der Waals surface area contributed by atoms with Crippen LogP contribution in [0.5, 0.6) is 0 Å². The largest absolute Gasteiger partial charge is 0.396 e. The van der Waals surface area contributed by atoms with Crippen molar-refractivity contribution in [3.63, 3.8) is 0 Å². The Morgan fingerprint density at radius 1 is 1.07 bits per heavy atom. The fraction of sp³-hybridized carbons (Fsp3) is 0.875. The number of carbonyl (C=O) groups is 1. The van der Waals surface area contributed by atoms with Crippen LogP contribution in [0, 0.1) is 17.8 Å². The summed E-state index contributed by atoms with van der Waals surface area (Å²) in [5, 5.41) is 30.3. The van der Waals surface area contributed by atoms with Gasteiger partial charge in [-0.25, -0.2) is 0 Å². The maximum atomic E-state index is 12.3. The molecule has 2 saturated carbocycles. The SMILES string of the molecule is CCCCCC(O)(CC=C[C@H]1[C@H](O)CC(=O)[C@@H]1CCCCCCCO)C1CC1. The fourth-order valence-electron chi connectivity index (χ4n) is 4.80. The molecule has 2 fully saturated rings. The summed E-state index contributed by atoms with van der Waals surface area (Å²) in [6, 6.07) is 0. The van der Waals surface area contributed by atoms with E-state index in [1.165, 1.54) is 0 Å². The van der Waals surface area contributed by atoms with Crippen LogP contribution in [0.4, 0.5) is 0 Å². The van der Waals surface area contributed by atoms with E-state index in [4.69, 9.17) is 5.11 Å². The van der Waals surface area contributed by atoms with Gasteiger partial charge in [0.25, 0.3) is 0 Å². The highest BCUT2D eigenvalue weighted by Crippen LogP contribution is 2.45. The lowest BCUT2D eigenvalue weighted by Crippen LogP contribution is -2.30. The molecule has 0 heterocycles. The zero-order chi connectivity index (χ0) is 20.4. The van der Waals surface area contributed by atoms with E-state index in [9.17, 15) is 15.0 Å². The lowest BCUT2D eigenvalue weighted by atomic mass is 9.85. The molecule has 0 aromatic carbocycles. The molecule has 0 spiro atoms. The molecule has 1 unspecified atom stereocenters. The third-order valence-electron chi connectivity index (χ3n) is 6.79. The summed E-state index contributed by atoms with van der Waals surface area (Å²) in [6.45, 7) is 2.44.